The highest BCUT2D eigenvalue weighted by Gasteiger charge is 2.57. The number of aromatic nitrogens is 1. The van der Waals surface area contributed by atoms with Crippen molar-refractivity contribution >= 4 is 17.7 Å². The zero-order chi connectivity index (χ0) is 23.9. The lowest BCUT2D eigenvalue weighted by molar-refractivity contribution is -0.146. The number of rotatable bonds is 5. The summed E-state index contributed by atoms with van der Waals surface area (Å²) in [5.74, 6) is -1.43. The molecule has 5 rings (SSSR count). The summed E-state index contributed by atoms with van der Waals surface area (Å²) in [4.78, 5) is 44.2. The molecule has 2 aromatic rings. The molecule has 7 heteroatoms. The van der Waals surface area contributed by atoms with Crippen LogP contribution in [0.4, 0.5) is 4.39 Å². The molecule has 2 atom stereocenters. The first kappa shape index (κ1) is 22.8. The van der Waals surface area contributed by atoms with E-state index in [0.717, 1.165) is 44.2 Å². The maximum Gasteiger partial charge on any atom is 0.241 e. The van der Waals surface area contributed by atoms with E-state index in [-0.39, 0.29) is 42.3 Å². The molecule has 0 bridgehead atoms. The predicted molar refractivity (Wildman–Crippen MR) is 125 cm³/mol. The van der Waals surface area contributed by atoms with E-state index < -0.39 is 17.1 Å². The van der Waals surface area contributed by atoms with E-state index in [4.69, 9.17) is 0 Å². The molecule has 3 aliphatic rings. The van der Waals surface area contributed by atoms with Crippen molar-refractivity contribution < 1.29 is 18.8 Å². The fraction of sp³-hybridized carbons (Fsp3) is 0.519. The normalized spacial score (nSPS) is 25.6. The number of amides is 3. The van der Waals surface area contributed by atoms with Crippen LogP contribution in [-0.2, 0) is 26.3 Å². The monoisotopic (exact) mass is 465 g/mol. The summed E-state index contributed by atoms with van der Waals surface area (Å²) in [6.45, 7) is 3.24. The van der Waals surface area contributed by atoms with E-state index in [1.54, 1.807) is 18.2 Å². The van der Waals surface area contributed by atoms with Crippen molar-refractivity contribution in [2.75, 3.05) is 6.54 Å². The molecule has 1 aromatic carbocycles. The van der Waals surface area contributed by atoms with Gasteiger partial charge >= 0.3 is 0 Å². The Balaban J connectivity index is 1.50. The summed E-state index contributed by atoms with van der Waals surface area (Å²) in [5.41, 5.74) is -0.262. The number of carbonyl (C=O) groups excluding carboxylic acids is 3. The predicted octanol–water partition coefficient (Wildman–Crippen LogP) is 4.34. The van der Waals surface area contributed by atoms with E-state index in [0.29, 0.717) is 13.1 Å². The third-order valence-electron chi connectivity index (χ3n) is 8.00. The summed E-state index contributed by atoms with van der Waals surface area (Å²) in [5, 5.41) is 0. The summed E-state index contributed by atoms with van der Waals surface area (Å²) < 4.78 is 17.3. The molecule has 0 N–H and O–H groups in total. The molecular weight excluding hydrogens is 433 g/mol. The van der Waals surface area contributed by atoms with Gasteiger partial charge in [0.05, 0.1) is 11.5 Å². The van der Waals surface area contributed by atoms with Gasteiger partial charge in [0.25, 0.3) is 0 Å². The van der Waals surface area contributed by atoms with E-state index in [1.165, 1.54) is 11.0 Å². The van der Waals surface area contributed by atoms with Crippen molar-refractivity contribution in [1.29, 1.82) is 0 Å². The smallest absolute Gasteiger partial charge is 0.241 e. The minimum atomic E-state index is -1.49. The van der Waals surface area contributed by atoms with Crippen LogP contribution >= 0.6 is 0 Å². The minimum Gasteiger partial charge on any atom is -0.348 e. The highest BCUT2D eigenvalue weighted by atomic mass is 19.1. The Kier molecular flexibility index (Phi) is 6.04. The Morgan fingerprint density at radius 2 is 1.82 bits per heavy atom. The Labute approximate surface area is 199 Å². The minimum absolute atomic E-state index is 0.101. The number of imide groups is 1. The van der Waals surface area contributed by atoms with E-state index >= 15 is 4.39 Å². The van der Waals surface area contributed by atoms with Gasteiger partial charge in [0.15, 0.2) is 0 Å². The zero-order valence-corrected chi connectivity index (χ0v) is 19.7. The largest absolute Gasteiger partial charge is 0.348 e. The number of likely N-dealkylation sites (tertiary alicyclic amines) is 1. The molecule has 3 heterocycles. The van der Waals surface area contributed by atoms with Gasteiger partial charge in [-0.15, -0.1) is 0 Å². The van der Waals surface area contributed by atoms with Crippen LogP contribution in [0.1, 0.15) is 75.6 Å². The topological polar surface area (TPSA) is 62.6 Å². The molecule has 3 amide bonds. The highest BCUT2D eigenvalue weighted by Crippen LogP contribution is 2.44. The highest BCUT2D eigenvalue weighted by molar-refractivity contribution is 6.11. The van der Waals surface area contributed by atoms with Crippen LogP contribution in [0.3, 0.4) is 0 Å². The number of hydrogen-bond acceptors (Lipinski definition) is 3. The second-order valence-electron chi connectivity index (χ2n) is 9.91. The molecule has 0 radical (unpaired) electrons. The first-order valence-corrected chi connectivity index (χ1v) is 12.5. The maximum atomic E-state index is 15.1. The van der Waals surface area contributed by atoms with E-state index in [1.807, 2.05) is 30.2 Å². The number of hydrogen-bond donors (Lipinski definition) is 0. The average molecular weight is 466 g/mol. The molecule has 0 spiro atoms. The van der Waals surface area contributed by atoms with Gasteiger partial charge in [-0.2, -0.15) is 0 Å². The first-order valence-electron chi connectivity index (χ1n) is 12.5. The van der Waals surface area contributed by atoms with Crippen molar-refractivity contribution in [2.24, 2.45) is 0 Å². The number of fused-ring (bicyclic) bond motifs is 1. The van der Waals surface area contributed by atoms with E-state index in [9.17, 15) is 14.4 Å². The van der Waals surface area contributed by atoms with E-state index in [2.05, 4.69) is 4.57 Å². The Hall–Kier alpha value is -2.96. The van der Waals surface area contributed by atoms with Crippen molar-refractivity contribution in [1.82, 2.24) is 14.4 Å². The van der Waals surface area contributed by atoms with Crippen LogP contribution < -0.4 is 0 Å². The Morgan fingerprint density at radius 1 is 1.06 bits per heavy atom. The molecule has 6 nitrogen and oxygen atoms in total. The van der Waals surface area contributed by atoms with Gasteiger partial charge in [0.2, 0.25) is 17.7 Å². The van der Waals surface area contributed by atoms with Crippen LogP contribution in [0, 0.1) is 5.82 Å². The van der Waals surface area contributed by atoms with Crippen molar-refractivity contribution in [3.8, 4) is 0 Å². The van der Waals surface area contributed by atoms with Crippen LogP contribution in [0.5, 0.6) is 0 Å². The quantitative estimate of drug-likeness (QED) is 0.617. The zero-order valence-electron chi connectivity index (χ0n) is 19.7. The second-order valence-corrected chi connectivity index (χ2v) is 9.91. The molecule has 180 valence electrons. The third-order valence-corrected chi connectivity index (χ3v) is 8.00. The van der Waals surface area contributed by atoms with Crippen LogP contribution in [-0.4, -0.2) is 44.7 Å². The maximum absolute atomic E-state index is 15.1. The summed E-state index contributed by atoms with van der Waals surface area (Å²) >= 11 is 0. The first-order chi connectivity index (χ1) is 16.5. The number of carbonyl (C=O) groups is 3. The Morgan fingerprint density at radius 3 is 2.56 bits per heavy atom. The van der Waals surface area contributed by atoms with Crippen LogP contribution in [0.15, 0.2) is 42.6 Å². The van der Waals surface area contributed by atoms with Crippen molar-refractivity contribution in [2.45, 2.75) is 82.3 Å². The van der Waals surface area contributed by atoms with Crippen LogP contribution in [0.25, 0.3) is 0 Å². The SMILES string of the molecule is CC[C@@H]1c2cccn2CCN1C(=O)C[C@]1(c2ccccc2F)CC(=O)N(C2CCCCC2)C1=O. The van der Waals surface area contributed by atoms with Gasteiger partial charge in [-0.3, -0.25) is 19.3 Å². The molecule has 34 heavy (non-hydrogen) atoms. The standard InChI is InChI=1S/C27H32FN3O3/c1-2-22-23-13-8-14-29(23)15-16-30(22)24(32)17-27(20-11-6-7-12-21(20)28)18-25(33)31(26(27)34)19-9-4-3-5-10-19/h6-8,11-14,19,22H,2-5,9-10,15-18H2,1H3/t22-,27-/m1/s1. The molecule has 1 saturated carbocycles. The average Bonchev–Trinajstić information content (AvgIpc) is 3.41. The van der Waals surface area contributed by atoms with Gasteiger partial charge in [-0.1, -0.05) is 44.4 Å². The lowest BCUT2D eigenvalue weighted by atomic mass is 9.75. The molecule has 1 aliphatic carbocycles. The third kappa shape index (κ3) is 3.65. The fourth-order valence-corrected chi connectivity index (χ4v) is 6.32. The Bertz CT molecular complexity index is 1110. The van der Waals surface area contributed by atoms with Crippen LogP contribution in [0.2, 0.25) is 0 Å². The molecule has 2 aliphatic heterocycles. The molecule has 1 aromatic heterocycles. The van der Waals surface area contributed by atoms with Gasteiger partial charge in [-0.25, -0.2) is 4.39 Å². The molecule has 0 unspecified atom stereocenters. The van der Waals surface area contributed by atoms with Gasteiger partial charge < -0.3 is 9.47 Å². The van der Waals surface area contributed by atoms with Gasteiger partial charge in [0, 0.05) is 49.4 Å². The summed E-state index contributed by atoms with van der Waals surface area (Å²) in [6.07, 6.45) is 7.00. The second kappa shape index (κ2) is 9.01. The van der Waals surface area contributed by atoms with Gasteiger partial charge in [0.1, 0.15) is 5.82 Å². The summed E-state index contributed by atoms with van der Waals surface area (Å²) in [7, 11) is 0. The van der Waals surface area contributed by atoms with Crippen molar-refractivity contribution in [3.63, 3.8) is 0 Å². The van der Waals surface area contributed by atoms with Crippen molar-refractivity contribution in [3.05, 3.63) is 59.7 Å². The lowest BCUT2D eigenvalue weighted by Crippen LogP contribution is -2.49. The molecular formula is C27H32FN3O3. The summed E-state index contributed by atoms with van der Waals surface area (Å²) in [6, 6.07) is 9.87. The molecule has 2 fully saturated rings. The number of benzene rings is 1. The number of halogens is 1. The lowest BCUT2D eigenvalue weighted by Gasteiger charge is -2.39. The number of nitrogens with zero attached hydrogens (tertiary/aromatic N) is 3. The fourth-order valence-electron chi connectivity index (χ4n) is 6.32. The van der Waals surface area contributed by atoms with Gasteiger partial charge in [-0.05, 0) is 37.5 Å². The molecule has 1 saturated heterocycles.